The summed E-state index contributed by atoms with van der Waals surface area (Å²) in [4.78, 5) is 11.5. The summed E-state index contributed by atoms with van der Waals surface area (Å²) in [6.07, 6.45) is 0. The van der Waals surface area contributed by atoms with Crippen LogP contribution in [-0.2, 0) is 9.53 Å². The summed E-state index contributed by atoms with van der Waals surface area (Å²) in [6, 6.07) is 4.23. The van der Waals surface area contributed by atoms with Crippen LogP contribution >= 0.6 is 0 Å². The Hall–Kier alpha value is -1.62. The van der Waals surface area contributed by atoms with Crippen LogP contribution in [0.4, 0.5) is 15.8 Å². The highest BCUT2D eigenvalue weighted by Gasteiger charge is 2.15. The number of nitrogen functional groups attached to an aromatic ring is 1. The molecule has 17 heavy (non-hydrogen) atoms. The third-order valence-electron chi connectivity index (χ3n) is 1.95. The Kier molecular flexibility index (Phi) is 4.07. The van der Waals surface area contributed by atoms with Crippen molar-refractivity contribution in [3.63, 3.8) is 0 Å². The lowest BCUT2D eigenvalue weighted by Gasteiger charge is -2.19. The minimum Gasteiger partial charge on any atom is -0.397 e. The first kappa shape index (κ1) is 13.4. The summed E-state index contributed by atoms with van der Waals surface area (Å²) >= 11 is 0. The van der Waals surface area contributed by atoms with Crippen molar-refractivity contribution in [1.29, 1.82) is 0 Å². The molecule has 0 aliphatic carbocycles. The zero-order chi connectivity index (χ0) is 13.1. The first-order valence-corrected chi connectivity index (χ1v) is 5.27. The predicted octanol–water partition coefficient (Wildman–Crippen LogP) is 2.16. The van der Waals surface area contributed by atoms with E-state index in [4.69, 9.17) is 10.5 Å². The van der Waals surface area contributed by atoms with Crippen LogP contribution in [0.1, 0.15) is 20.8 Å². The fourth-order valence-corrected chi connectivity index (χ4v) is 1.13. The molecule has 3 N–H and O–H groups in total. The maximum Gasteiger partial charge on any atom is 0.250 e. The van der Waals surface area contributed by atoms with Gasteiger partial charge in [-0.2, -0.15) is 0 Å². The van der Waals surface area contributed by atoms with E-state index < -0.39 is 17.3 Å². The number of para-hydroxylation sites is 1. The molecule has 94 valence electrons. The van der Waals surface area contributed by atoms with Crippen LogP contribution in [0.2, 0.25) is 0 Å². The van der Waals surface area contributed by atoms with Gasteiger partial charge in [-0.05, 0) is 32.9 Å². The van der Waals surface area contributed by atoms with Gasteiger partial charge >= 0.3 is 0 Å². The van der Waals surface area contributed by atoms with Gasteiger partial charge in [-0.25, -0.2) is 4.39 Å². The topological polar surface area (TPSA) is 64.3 Å². The van der Waals surface area contributed by atoms with Crippen molar-refractivity contribution in [3.8, 4) is 0 Å². The van der Waals surface area contributed by atoms with E-state index in [-0.39, 0.29) is 18.0 Å². The maximum atomic E-state index is 13.3. The molecule has 0 aliphatic heterocycles. The summed E-state index contributed by atoms with van der Waals surface area (Å²) in [5, 5.41) is 2.39. The van der Waals surface area contributed by atoms with Crippen molar-refractivity contribution in [2.45, 2.75) is 26.4 Å². The van der Waals surface area contributed by atoms with E-state index in [2.05, 4.69) is 5.32 Å². The standard InChI is InChI=1S/C12H17FN2O2/c1-12(2,3)17-7-10(16)15-11-8(13)5-4-6-9(11)14/h4-6H,7,14H2,1-3H3,(H,15,16). The number of amides is 1. The molecule has 0 fully saturated rings. The largest absolute Gasteiger partial charge is 0.397 e. The predicted molar refractivity (Wildman–Crippen MR) is 65.1 cm³/mol. The Morgan fingerprint density at radius 3 is 2.65 bits per heavy atom. The van der Waals surface area contributed by atoms with Crippen LogP contribution in [0, 0.1) is 5.82 Å². The second-order valence-electron chi connectivity index (χ2n) is 4.65. The molecule has 0 aliphatic rings. The normalized spacial score (nSPS) is 11.3. The third-order valence-corrected chi connectivity index (χ3v) is 1.95. The van der Waals surface area contributed by atoms with E-state index >= 15 is 0 Å². The highest BCUT2D eigenvalue weighted by Crippen LogP contribution is 2.21. The van der Waals surface area contributed by atoms with Crippen LogP contribution < -0.4 is 11.1 Å². The number of nitrogens with one attached hydrogen (secondary N) is 1. The van der Waals surface area contributed by atoms with Gasteiger partial charge in [-0.15, -0.1) is 0 Å². The first-order chi connectivity index (χ1) is 7.79. The number of ether oxygens (including phenoxy) is 1. The minimum atomic E-state index is -0.561. The van der Waals surface area contributed by atoms with Crippen molar-refractivity contribution >= 4 is 17.3 Å². The van der Waals surface area contributed by atoms with E-state index in [0.717, 1.165) is 0 Å². The van der Waals surface area contributed by atoms with Crippen LogP contribution in [0.15, 0.2) is 18.2 Å². The van der Waals surface area contributed by atoms with Crippen molar-refractivity contribution in [2.24, 2.45) is 0 Å². The minimum absolute atomic E-state index is 0.00462. The van der Waals surface area contributed by atoms with E-state index in [9.17, 15) is 9.18 Å². The molecule has 0 atom stereocenters. The molecule has 0 bridgehead atoms. The molecule has 0 radical (unpaired) electrons. The molecule has 0 saturated carbocycles. The molecule has 1 rings (SSSR count). The van der Waals surface area contributed by atoms with Gasteiger partial charge in [0.25, 0.3) is 5.91 Å². The van der Waals surface area contributed by atoms with Crippen LogP contribution in [0.5, 0.6) is 0 Å². The highest BCUT2D eigenvalue weighted by atomic mass is 19.1. The van der Waals surface area contributed by atoms with Crippen molar-refractivity contribution in [2.75, 3.05) is 17.7 Å². The summed E-state index contributed by atoms with van der Waals surface area (Å²) in [6.45, 7) is 5.35. The van der Waals surface area contributed by atoms with Gasteiger partial charge in [0.2, 0.25) is 0 Å². The van der Waals surface area contributed by atoms with E-state index in [1.54, 1.807) is 0 Å². The molecular formula is C12H17FN2O2. The van der Waals surface area contributed by atoms with E-state index in [1.807, 2.05) is 20.8 Å². The van der Waals surface area contributed by atoms with Crippen molar-refractivity contribution in [3.05, 3.63) is 24.0 Å². The summed E-state index contributed by atoms with van der Waals surface area (Å²) in [7, 11) is 0. The quantitative estimate of drug-likeness (QED) is 0.796. The smallest absolute Gasteiger partial charge is 0.250 e. The van der Waals surface area contributed by atoms with Crippen molar-refractivity contribution < 1.29 is 13.9 Å². The van der Waals surface area contributed by atoms with Gasteiger partial charge in [0.05, 0.1) is 11.3 Å². The lowest BCUT2D eigenvalue weighted by molar-refractivity contribution is -0.125. The van der Waals surface area contributed by atoms with Gasteiger partial charge in [0.15, 0.2) is 0 Å². The molecule has 0 heterocycles. The van der Waals surface area contributed by atoms with Gasteiger partial charge < -0.3 is 15.8 Å². The average molecular weight is 240 g/mol. The van der Waals surface area contributed by atoms with Gasteiger partial charge in [0.1, 0.15) is 18.1 Å². The zero-order valence-corrected chi connectivity index (χ0v) is 10.2. The molecule has 0 spiro atoms. The number of carbonyl (C=O) groups excluding carboxylic acids is 1. The SMILES string of the molecule is CC(C)(C)OCC(=O)Nc1c(N)cccc1F. The van der Waals surface area contributed by atoms with Crippen LogP contribution in [-0.4, -0.2) is 18.1 Å². The highest BCUT2D eigenvalue weighted by molar-refractivity contribution is 5.94. The number of anilines is 2. The lowest BCUT2D eigenvalue weighted by atomic mass is 10.2. The molecule has 4 nitrogen and oxygen atoms in total. The number of nitrogens with two attached hydrogens (primary N) is 1. The van der Waals surface area contributed by atoms with E-state index in [1.165, 1.54) is 18.2 Å². The Morgan fingerprint density at radius 2 is 2.12 bits per heavy atom. The van der Waals surface area contributed by atoms with E-state index in [0.29, 0.717) is 0 Å². The Labute approximate surface area is 100.0 Å². The second kappa shape index (κ2) is 5.14. The zero-order valence-electron chi connectivity index (χ0n) is 10.2. The van der Waals surface area contributed by atoms with Gasteiger partial charge in [0, 0.05) is 0 Å². The summed E-state index contributed by atoms with van der Waals surface area (Å²) in [5.41, 5.74) is 5.32. The molecule has 1 amide bonds. The number of carbonyl (C=O) groups is 1. The summed E-state index contributed by atoms with van der Waals surface area (Å²) < 4.78 is 18.6. The Balaban J connectivity index is 2.63. The number of hydrogen-bond acceptors (Lipinski definition) is 3. The number of halogens is 1. The molecule has 0 unspecified atom stereocenters. The van der Waals surface area contributed by atoms with Crippen LogP contribution in [0.25, 0.3) is 0 Å². The molecule has 0 aromatic heterocycles. The molecular weight excluding hydrogens is 223 g/mol. The maximum absolute atomic E-state index is 13.3. The fourth-order valence-electron chi connectivity index (χ4n) is 1.13. The lowest BCUT2D eigenvalue weighted by Crippen LogP contribution is -2.27. The van der Waals surface area contributed by atoms with Crippen LogP contribution in [0.3, 0.4) is 0 Å². The van der Waals surface area contributed by atoms with Gasteiger partial charge in [-0.3, -0.25) is 4.79 Å². The number of rotatable bonds is 3. The second-order valence-corrected chi connectivity index (χ2v) is 4.65. The van der Waals surface area contributed by atoms with Gasteiger partial charge in [-0.1, -0.05) is 6.07 Å². The molecule has 0 saturated heterocycles. The average Bonchev–Trinajstić information content (AvgIpc) is 2.20. The molecule has 5 heteroatoms. The fraction of sp³-hybridized carbons (Fsp3) is 0.417. The van der Waals surface area contributed by atoms with Crippen molar-refractivity contribution in [1.82, 2.24) is 0 Å². The third kappa shape index (κ3) is 4.40. The molecule has 1 aromatic rings. The monoisotopic (exact) mass is 240 g/mol. The Morgan fingerprint density at radius 1 is 1.47 bits per heavy atom. The summed E-state index contributed by atoms with van der Waals surface area (Å²) in [5.74, 6) is -0.995. The molecule has 1 aromatic carbocycles. The number of hydrogen-bond donors (Lipinski definition) is 2. The first-order valence-electron chi connectivity index (χ1n) is 5.27. The Bertz CT molecular complexity index is 393. The number of benzene rings is 1.